The number of thiol groups is 1. The van der Waals surface area contributed by atoms with E-state index in [1.165, 1.54) is 6.92 Å². The molecule has 1 amide bonds. The summed E-state index contributed by atoms with van der Waals surface area (Å²) in [7, 11) is 0. The van der Waals surface area contributed by atoms with Crippen LogP contribution in [0.1, 0.15) is 29.7 Å². The number of carboxylic acid groups (broad SMARTS) is 1. The third-order valence-corrected chi connectivity index (χ3v) is 4.63. The van der Waals surface area contributed by atoms with Gasteiger partial charge in [-0.3, -0.25) is 9.59 Å². The monoisotopic (exact) mass is 357 g/mol. The van der Waals surface area contributed by atoms with Crippen molar-refractivity contribution in [2.75, 3.05) is 0 Å². The van der Waals surface area contributed by atoms with Crippen LogP contribution < -0.4 is 5.32 Å². The summed E-state index contributed by atoms with van der Waals surface area (Å²) in [5.74, 6) is -1.65. The lowest BCUT2D eigenvalue weighted by atomic mass is 9.91. The smallest absolute Gasteiger partial charge is 0.325 e. The first-order valence-electron chi connectivity index (χ1n) is 8.27. The van der Waals surface area contributed by atoms with Crippen molar-refractivity contribution in [1.82, 2.24) is 5.32 Å². The highest BCUT2D eigenvalue weighted by molar-refractivity contribution is 7.80. The molecule has 3 atom stereocenters. The van der Waals surface area contributed by atoms with Gasteiger partial charge in [0.1, 0.15) is 6.04 Å². The quantitative estimate of drug-likeness (QED) is 0.634. The summed E-state index contributed by atoms with van der Waals surface area (Å²) in [6.45, 7) is 1.47. The first kappa shape index (κ1) is 19.1. The molecule has 0 aliphatic heterocycles. The predicted molar refractivity (Wildman–Crippen MR) is 102 cm³/mol. The van der Waals surface area contributed by atoms with Gasteiger partial charge in [-0.25, -0.2) is 0 Å². The zero-order valence-electron chi connectivity index (χ0n) is 14.1. The molecular formula is C20H23NO3S. The summed E-state index contributed by atoms with van der Waals surface area (Å²) in [6.07, 6.45) is 1.07. The number of rotatable bonds is 8. The Balaban J connectivity index is 2.13. The number of hydrogen-bond acceptors (Lipinski definition) is 3. The molecule has 2 aromatic rings. The molecule has 5 heteroatoms. The molecule has 0 spiro atoms. The normalized spacial score (nSPS) is 14.3. The van der Waals surface area contributed by atoms with Crippen molar-refractivity contribution in [3.05, 3.63) is 71.8 Å². The molecule has 0 aliphatic carbocycles. The van der Waals surface area contributed by atoms with Crippen LogP contribution in [-0.4, -0.2) is 23.0 Å². The highest BCUT2D eigenvalue weighted by atomic mass is 32.1. The molecule has 0 heterocycles. The SMILES string of the molecule is C[C@H](NC(=O)C(Cc1ccccc1)CC(S)c1ccccc1)C(=O)O. The van der Waals surface area contributed by atoms with Crippen LogP contribution in [-0.2, 0) is 16.0 Å². The van der Waals surface area contributed by atoms with Crippen molar-refractivity contribution in [2.24, 2.45) is 5.92 Å². The molecule has 0 saturated heterocycles. The van der Waals surface area contributed by atoms with E-state index in [0.717, 1.165) is 11.1 Å². The number of carbonyl (C=O) groups excluding carboxylic acids is 1. The summed E-state index contributed by atoms with van der Waals surface area (Å²) < 4.78 is 0. The molecule has 0 bridgehead atoms. The van der Waals surface area contributed by atoms with Crippen LogP contribution in [0.2, 0.25) is 0 Å². The first-order valence-corrected chi connectivity index (χ1v) is 8.79. The fourth-order valence-corrected chi connectivity index (χ4v) is 3.08. The summed E-state index contributed by atoms with van der Waals surface area (Å²) in [6, 6.07) is 18.6. The number of carboxylic acids is 1. The van der Waals surface area contributed by atoms with E-state index >= 15 is 0 Å². The molecule has 132 valence electrons. The standard InChI is InChI=1S/C20H23NO3S/c1-14(20(23)24)21-19(22)17(12-15-8-4-2-5-9-15)13-18(25)16-10-6-3-7-11-16/h2-11,14,17-18,25H,12-13H2,1H3,(H,21,22)(H,23,24)/t14-,17?,18?/m0/s1. The van der Waals surface area contributed by atoms with Gasteiger partial charge in [0.05, 0.1) is 0 Å². The van der Waals surface area contributed by atoms with E-state index in [-0.39, 0.29) is 17.1 Å². The van der Waals surface area contributed by atoms with E-state index < -0.39 is 12.0 Å². The Labute approximate surface area is 153 Å². The maximum absolute atomic E-state index is 12.6. The molecule has 2 aromatic carbocycles. The van der Waals surface area contributed by atoms with E-state index in [4.69, 9.17) is 5.11 Å². The molecule has 0 radical (unpaired) electrons. The number of hydrogen-bond donors (Lipinski definition) is 3. The predicted octanol–water partition coefficient (Wildman–Crippen LogP) is 3.50. The minimum Gasteiger partial charge on any atom is -0.480 e. The van der Waals surface area contributed by atoms with Gasteiger partial charge in [-0.05, 0) is 30.9 Å². The van der Waals surface area contributed by atoms with Gasteiger partial charge in [0.2, 0.25) is 5.91 Å². The van der Waals surface area contributed by atoms with Crippen LogP contribution >= 0.6 is 12.6 Å². The Hall–Kier alpha value is -2.27. The lowest BCUT2D eigenvalue weighted by Gasteiger charge is -2.22. The van der Waals surface area contributed by atoms with E-state index in [2.05, 4.69) is 17.9 Å². The van der Waals surface area contributed by atoms with Crippen LogP contribution in [0.3, 0.4) is 0 Å². The fourth-order valence-electron chi connectivity index (χ4n) is 2.66. The third kappa shape index (κ3) is 5.94. The van der Waals surface area contributed by atoms with Crippen molar-refractivity contribution < 1.29 is 14.7 Å². The molecule has 2 rings (SSSR count). The molecule has 2 N–H and O–H groups in total. The molecule has 25 heavy (non-hydrogen) atoms. The number of carbonyl (C=O) groups is 2. The van der Waals surface area contributed by atoms with E-state index in [0.29, 0.717) is 12.8 Å². The maximum Gasteiger partial charge on any atom is 0.325 e. The minimum absolute atomic E-state index is 0.0965. The van der Waals surface area contributed by atoms with Crippen LogP contribution in [0.15, 0.2) is 60.7 Å². The average molecular weight is 357 g/mol. The summed E-state index contributed by atoms with van der Waals surface area (Å²) in [5, 5.41) is 11.5. The molecule has 0 aliphatic rings. The molecular weight excluding hydrogens is 334 g/mol. The first-order chi connectivity index (χ1) is 12.0. The second kappa shape index (κ2) is 9.28. The van der Waals surface area contributed by atoms with Crippen molar-refractivity contribution >= 4 is 24.5 Å². The van der Waals surface area contributed by atoms with Crippen molar-refractivity contribution in [1.29, 1.82) is 0 Å². The maximum atomic E-state index is 12.6. The van der Waals surface area contributed by atoms with Gasteiger partial charge in [-0.1, -0.05) is 60.7 Å². The van der Waals surface area contributed by atoms with Gasteiger partial charge in [0.25, 0.3) is 0 Å². The number of aliphatic carboxylic acids is 1. The number of amides is 1. The largest absolute Gasteiger partial charge is 0.480 e. The summed E-state index contributed by atoms with van der Waals surface area (Å²) in [4.78, 5) is 23.7. The molecule has 0 aromatic heterocycles. The molecule has 2 unspecified atom stereocenters. The van der Waals surface area contributed by atoms with Crippen molar-refractivity contribution in [3.8, 4) is 0 Å². The van der Waals surface area contributed by atoms with Crippen LogP contribution in [0, 0.1) is 5.92 Å². The van der Waals surface area contributed by atoms with Crippen LogP contribution in [0.4, 0.5) is 0 Å². The fraction of sp³-hybridized carbons (Fsp3) is 0.300. The van der Waals surface area contributed by atoms with E-state index in [1.807, 2.05) is 60.7 Å². The Morgan fingerprint density at radius 3 is 2.16 bits per heavy atom. The van der Waals surface area contributed by atoms with E-state index in [9.17, 15) is 9.59 Å². The highest BCUT2D eigenvalue weighted by Gasteiger charge is 2.25. The molecule has 0 fully saturated rings. The Kier molecular flexibility index (Phi) is 7.07. The summed E-state index contributed by atoms with van der Waals surface area (Å²) in [5.41, 5.74) is 2.09. The highest BCUT2D eigenvalue weighted by Crippen LogP contribution is 2.29. The Morgan fingerprint density at radius 1 is 1.04 bits per heavy atom. The molecule has 0 saturated carbocycles. The van der Waals surface area contributed by atoms with Gasteiger partial charge in [0.15, 0.2) is 0 Å². The summed E-state index contributed by atoms with van der Waals surface area (Å²) >= 11 is 4.65. The number of benzene rings is 2. The van der Waals surface area contributed by atoms with Crippen molar-refractivity contribution in [3.63, 3.8) is 0 Å². The van der Waals surface area contributed by atoms with Crippen molar-refractivity contribution in [2.45, 2.75) is 31.1 Å². The zero-order valence-corrected chi connectivity index (χ0v) is 15.0. The lowest BCUT2D eigenvalue weighted by Crippen LogP contribution is -2.42. The van der Waals surface area contributed by atoms with E-state index in [1.54, 1.807) is 0 Å². The van der Waals surface area contributed by atoms with Gasteiger partial charge in [-0.15, -0.1) is 0 Å². The van der Waals surface area contributed by atoms with Gasteiger partial charge in [-0.2, -0.15) is 12.6 Å². The van der Waals surface area contributed by atoms with Gasteiger partial charge in [0, 0.05) is 11.2 Å². The lowest BCUT2D eigenvalue weighted by molar-refractivity contribution is -0.142. The topological polar surface area (TPSA) is 66.4 Å². The Bertz CT molecular complexity index is 691. The minimum atomic E-state index is -1.04. The van der Waals surface area contributed by atoms with Crippen LogP contribution in [0.5, 0.6) is 0 Å². The zero-order chi connectivity index (χ0) is 18.2. The second-order valence-corrected chi connectivity index (χ2v) is 6.74. The van der Waals surface area contributed by atoms with Crippen LogP contribution in [0.25, 0.3) is 0 Å². The molecule has 4 nitrogen and oxygen atoms in total. The number of nitrogens with one attached hydrogen (secondary N) is 1. The Morgan fingerprint density at radius 2 is 1.60 bits per heavy atom. The van der Waals surface area contributed by atoms with Gasteiger partial charge >= 0.3 is 5.97 Å². The van der Waals surface area contributed by atoms with Gasteiger partial charge < -0.3 is 10.4 Å². The average Bonchev–Trinajstić information content (AvgIpc) is 2.62. The third-order valence-electron chi connectivity index (χ3n) is 4.12. The second-order valence-electron chi connectivity index (χ2n) is 6.12.